The summed E-state index contributed by atoms with van der Waals surface area (Å²) in [6.07, 6.45) is 9.63. The fraction of sp³-hybridized carbons (Fsp3) is 0.571. The van der Waals surface area contributed by atoms with Gasteiger partial charge in [0.05, 0.1) is 6.61 Å². The minimum atomic E-state index is -0.450. The summed E-state index contributed by atoms with van der Waals surface area (Å²) in [6.45, 7) is 2.87. The van der Waals surface area contributed by atoms with Crippen LogP contribution in [0.1, 0.15) is 49.5 Å². The number of hydrogen-bond donors (Lipinski definition) is 1. The number of rotatable bonds is 6. The number of nitrogens with one attached hydrogen (secondary N) is 1. The lowest BCUT2D eigenvalue weighted by Crippen LogP contribution is -2.07. The average Bonchev–Trinajstić information content (AvgIpc) is 2.89. The molecule has 1 heterocycles. The lowest BCUT2D eigenvalue weighted by molar-refractivity contribution is 0.0519. The predicted octanol–water partition coefficient (Wildman–Crippen LogP) is 3.15. The topological polar surface area (TPSA) is 64.4 Å². The maximum atomic E-state index is 11.4. The molecule has 5 heteroatoms. The number of carbonyl (C=O) groups excluding carboxylic acids is 1. The molecule has 0 amide bonds. The largest absolute Gasteiger partial charge is 0.461 e. The van der Waals surface area contributed by atoms with Gasteiger partial charge in [-0.15, -0.1) is 0 Å². The summed E-state index contributed by atoms with van der Waals surface area (Å²) < 4.78 is 10.0. The van der Waals surface area contributed by atoms with Crippen molar-refractivity contribution in [2.45, 2.75) is 39.0 Å². The van der Waals surface area contributed by atoms with Gasteiger partial charge in [-0.2, -0.15) is 4.98 Å². The molecule has 5 nitrogen and oxygen atoms in total. The number of hydrogen-bond acceptors (Lipinski definition) is 5. The number of allylic oxidation sites excluding steroid dienone is 1. The Hall–Kier alpha value is -1.78. The molecule has 0 unspecified atom stereocenters. The monoisotopic (exact) mass is 264 g/mol. The standard InChI is InChI=1S/C14H20N2O3/c1-2-18-13(17)12-10-19-14(16-12)15-9-8-11-6-4-3-5-7-11/h6,10H,2-5,7-9H2,1H3,(H,15,16). The van der Waals surface area contributed by atoms with Crippen molar-refractivity contribution in [2.24, 2.45) is 0 Å². The van der Waals surface area contributed by atoms with Crippen LogP contribution in [-0.2, 0) is 4.74 Å². The molecule has 1 N–H and O–H groups in total. The first kappa shape index (κ1) is 13.6. The van der Waals surface area contributed by atoms with Crippen LogP contribution in [-0.4, -0.2) is 24.1 Å². The number of carbonyl (C=O) groups is 1. The number of nitrogens with zero attached hydrogens (tertiary/aromatic N) is 1. The van der Waals surface area contributed by atoms with E-state index in [4.69, 9.17) is 9.15 Å². The highest BCUT2D eigenvalue weighted by Crippen LogP contribution is 2.20. The van der Waals surface area contributed by atoms with Crippen LogP contribution in [0.3, 0.4) is 0 Å². The first-order valence-corrected chi connectivity index (χ1v) is 6.84. The van der Waals surface area contributed by atoms with E-state index in [1.807, 2.05) is 0 Å². The lowest BCUT2D eigenvalue weighted by atomic mass is 9.97. The number of anilines is 1. The van der Waals surface area contributed by atoms with E-state index in [1.54, 1.807) is 6.92 Å². The summed E-state index contributed by atoms with van der Waals surface area (Å²) in [5.41, 5.74) is 1.71. The van der Waals surface area contributed by atoms with Crippen molar-refractivity contribution in [1.82, 2.24) is 4.98 Å². The molecule has 19 heavy (non-hydrogen) atoms. The summed E-state index contributed by atoms with van der Waals surface area (Å²) in [5, 5.41) is 3.08. The summed E-state index contributed by atoms with van der Waals surface area (Å²) >= 11 is 0. The average molecular weight is 264 g/mol. The Bertz CT molecular complexity index is 451. The molecule has 1 aliphatic carbocycles. The molecule has 104 valence electrons. The third-order valence-corrected chi connectivity index (χ3v) is 3.10. The second-order valence-electron chi connectivity index (χ2n) is 4.54. The zero-order chi connectivity index (χ0) is 13.5. The first-order valence-electron chi connectivity index (χ1n) is 6.84. The van der Waals surface area contributed by atoms with Crippen LogP contribution in [0.5, 0.6) is 0 Å². The van der Waals surface area contributed by atoms with Crippen LogP contribution in [0.25, 0.3) is 0 Å². The van der Waals surface area contributed by atoms with Crippen LogP contribution >= 0.6 is 0 Å². The fourth-order valence-corrected chi connectivity index (χ4v) is 2.12. The van der Waals surface area contributed by atoms with E-state index in [-0.39, 0.29) is 5.69 Å². The summed E-state index contributed by atoms with van der Waals surface area (Å²) in [7, 11) is 0. The normalized spacial score (nSPS) is 14.9. The van der Waals surface area contributed by atoms with Gasteiger partial charge in [-0.25, -0.2) is 4.79 Å². The van der Waals surface area contributed by atoms with E-state index in [2.05, 4.69) is 16.4 Å². The van der Waals surface area contributed by atoms with Gasteiger partial charge in [0.25, 0.3) is 6.01 Å². The quantitative estimate of drug-likeness (QED) is 0.631. The second kappa shape index (κ2) is 6.97. The Balaban J connectivity index is 1.77. The summed E-state index contributed by atoms with van der Waals surface area (Å²) in [4.78, 5) is 15.4. The molecular formula is C14H20N2O3. The molecule has 0 atom stereocenters. The van der Waals surface area contributed by atoms with Crippen LogP contribution < -0.4 is 5.32 Å². The van der Waals surface area contributed by atoms with E-state index >= 15 is 0 Å². The van der Waals surface area contributed by atoms with Gasteiger partial charge in [0, 0.05) is 6.54 Å². The van der Waals surface area contributed by atoms with Crippen molar-refractivity contribution in [3.63, 3.8) is 0 Å². The molecule has 0 saturated heterocycles. The van der Waals surface area contributed by atoms with Gasteiger partial charge in [0.2, 0.25) is 0 Å². The highest BCUT2D eigenvalue weighted by molar-refractivity contribution is 5.87. The summed E-state index contributed by atoms with van der Waals surface area (Å²) in [5.74, 6) is -0.450. The minimum Gasteiger partial charge on any atom is -0.461 e. The molecule has 0 fully saturated rings. The van der Waals surface area contributed by atoms with E-state index in [0.29, 0.717) is 12.6 Å². The van der Waals surface area contributed by atoms with Crippen molar-refractivity contribution >= 4 is 12.0 Å². The molecule has 0 bridgehead atoms. The third-order valence-electron chi connectivity index (χ3n) is 3.10. The maximum absolute atomic E-state index is 11.4. The Morgan fingerprint density at radius 3 is 3.16 bits per heavy atom. The number of ether oxygens (including phenoxy) is 1. The number of aromatic nitrogens is 1. The molecular weight excluding hydrogens is 244 g/mol. The second-order valence-corrected chi connectivity index (χ2v) is 4.54. The Morgan fingerprint density at radius 2 is 2.42 bits per heavy atom. The van der Waals surface area contributed by atoms with Crippen molar-refractivity contribution < 1.29 is 13.9 Å². The molecule has 2 rings (SSSR count). The maximum Gasteiger partial charge on any atom is 0.360 e. The lowest BCUT2D eigenvalue weighted by Gasteiger charge is -2.12. The van der Waals surface area contributed by atoms with Crippen molar-refractivity contribution in [3.05, 3.63) is 23.6 Å². The van der Waals surface area contributed by atoms with Crippen LogP contribution in [0.15, 0.2) is 22.3 Å². The Labute approximate surface area is 113 Å². The van der Waals surface area contributed by atoms with E-state index < -0.39 is 5.97 Å². The minimum absolute atomic E-state index is 0.209. The Morgan fingerprint density at radius 1 is 1.53 bits per heavy atom. The van der Waals surface area contributed by atoms with E-state index in [9.17, 15) is 4.79 Å². The number of oxazole rings is 1. The third kappa shape index (κ3) is 4.12. The molecule has 0 radical (unpaired) electrons. The molecule has 0 aliphatic heterocycles. The Kier molecular flexibility index (Phi) is 5.01. The SMILES string of the molecule is CCOC(=O)c1coc(NCCC2=CCCCC2)n1. The first-order chi connectivity index (χ1) is 9.29. The molecule has 0 saturated carbocycles. The van der Waals surface area contributed by atoms with Crippen molar-refractivity contribution in [3.8, 4) is 0 Å². The van der Waals surface area contributed by atoms with Crippen molar-refractivity contribution in [2.75, 3.05) is 18.5 Å². The van der Waals surface area contributed by atoms with Gasteiger partial charge in [0.1, 0.15) is 6.26 Å². The highest BCUT2D eigenvalue weighted by Gasteiger charge is 2.12. The molecule has 1 aliphatic rings. The van der Waals surface area contributed by atoms with Crippen molar-refractivity contribution in [1.29, 1.82) is 0 Å². The molecule has 0 aromatic carbocycles. The summed E-state index contributed by atoms with van der Waals surface area (Å²) in [6, 6.07) is 0.375. The zero-order valence-electron chi connectivity index (χ0n) is 11.3. The van der Waals surface area contributed by atoms with Crippen LogP contribution in [0.4, 0.5) is 6.01 Å². The van der Waals surface area contributed by atoms with Crippen LogP contribution in [0, 0.1) is 0 Å². The van der Waals surface area contributed by atoms with Gasteiger partial charge >= 0.3 is 5.97 Å². The highest BCUT2D eigenvalue weighted by atomic mass is 16.5. The van der Waals surface area contributed by atoms with Gasteiger partial charge in [0.15, 0.2) is 5.69 Å². The number of esters is 1. The smallest absolute Gasteiger partial charge is 0.360 e. The zero-order valence-corrected chi connectivity index (χ0v) is 11.3. The van der Waals surface area contributed by atoms with Gasteiger partial charge < -0.3 is 14.5 Å². The van der Waals surface area contributed by atoms with Crippen LogP contribution in [0.2, 0.25) is 0 Å². The van der Waals surface area contributed by atoms with E-state index in [0.717, 1.165) is 13.0 Å². The van der Waals surface area contributed by atoms with Gasteiger partial charge in [-0.1, -0.05) is 11.6 Å². The predicted molar refractivity (Wildman–Crippen MR) is 72.1 cm³/mol. The molecule has 1 aromatic rings. The molecule has 1 aromatic heterocycles. The molecule has 0 spiro atoms. The van der Waals surface area contributed by atoms with Gasteiger partial charge in [-0.3, -0.25) is 0 Å². The van der Waals surface area contributed by atoms with Gasteiger partial charge in [-0.05, 0) is 39.0 Å². The van der Waals surface area contributed by atoms with E-state index in [1.165, 1.54) is 37.5 Å². The fourth-order valence-electron chi connectivity index (χ4n) is 2.12.